The highest BCUT2D eigenvalue weighted by Crippen LogP contribution is 2.26. The molecule has 0 saturated carbocycles. The first-order valence-electron chi connectivity index (χ1n) is 6.10. The van der Waals surface area contributed by atoms with Gasteiger partial charge in [0.25, 0.3) is 0 Å². The van der Waals surface area contributed by atoms with Crippen molar-refractivity contribution in [3.63, 3.8) is 0 Å². The van der Waals surface area contributed by atoms with E-state index in [1.807, 2.05) is 43.5 Å². The largest absolute Gasteiger partial charge is 0.496 e. The molecule has 4 heteroatoms. The second kappa shape index (κ2) is 6.04. The van der Waals surface area contributed by atoms with Crippen LogP contribution in [0.5, 0.6) is 5.75 Å². The van der Waals surface area contributed by atoms with Gasteiger partial charge in [0.05, 0.1) is 7.11 Å². The second-order valence-corrected chi connectivity index (χ2v) is 4.94. The summed E-state index contributed by atoms with van der Waals surface area (Å²) in [6.07, 6.45) is 2.48. The first-order valence-corrected chi connectivity index (χ1v) is 6.48. The van der Waals surface area contributed by atoms with Gasteiger partial charge in [-0.05, 0) is 48.7 Å². The molecule has 0 saturated heterocycles. The molecule has 100 valence electrons. The normalized spacial score (nSPS) is 12.2. The van der Waals surface area contributed by atoms with Crippen LogP contribution < -0.4 is 10.5 Å². The van der Waals surface area contributed by atoms with E-state index < -0.39 is 0 Å². The van der Waals surface area contributed by atoms with Crippen LogP contribution in [0.25, 0.3) is 0 Å². The first-order chi connectivity index (χ1) is 9.10. The molecule has 2 N–H and O–H groups in total. The number of nitrogens with two attached hydrogens (primary N) is 1. The quantitative estimate of drug-likeness (QED) is 0.932. The number of nitrogens with zero attached hydrogens (tertiary/aromatic N) is 1. The molecule has 0 amide bonds. The van der Waals surface area contributed by atoms with Gasteiger partial charge in [0, 0.05) is 23.0 Å². The van der Waals surface area contributed by atoms with E-state index in [1.165, 1.54) is 0 Å². The van der Waals surface area contributed by atoms with Gasteiger partial charge in [-0.2, -0.15) is 0 Å². The highest BCUT2D eigenvalue weighted by molar-refractivity contribution is 6.30. The average molecular weight is 277 g/mol. The smallest absolute Gasteiger partial charge is 0.122 e. The number of methoxy groups -OCH3 is 1. The van der Waals surface area contributed by atoms with Gasteiger partial charge in [0.2, 0.25) is 0 Å². The molecule has 1 aromatic carbocycles. The number of ether oxygens (including phenoxy) is 1. The number of hydrogen-bond donors (Lipinski definition) is 1. The van der Waals surface area contributed by atoms with Gasteiger partial charge in [0.1, 0.15) is 5.75 Å². The molecule has 2 rings (SSSR count). The maximum atomic E-state index is 6.21. The number of aromatic nitrogens is 1. The zero-order chi connectivity index (χ0) is 13.8. The van der Waals surface area contributed by atoms with E-state index in [0.717, 1.165) is 22.6 Å². The molecule has 3 nitrogen and oxygen atoms in total. The van der Waals surface area contributed by atoms with Gasteiger partial charge in [-0.15, -0.1) is 0 Å². The topological polar surface area (TPSA) is 48.1 Å². The molecule has 0 fully saturated rings. The van der Waals surface area contributed by atoms with Crippen molar-refractivity contribution in [2.24, 2.45) is 5.73 Å². The Labute approximate surface area is 118 Å². The van der Waals surface area contributed by atoms with Crippen molar-refractivity contribution in [2.45, 2.75) is 19.4 Å². The summed E-state index contributed by atoms with van der Waals surface area (Å²) in [5, 5.41) is 0.685. The van der Waals surface area contributed by atoms with Gasteiger partial charge in [-0.1, -0.05) is 17.7 Å². The molecule has 1 aromatic heterocycles. The maximum absolute atomic E-state index is 6.21. The highest BCUT2D eigenvalue weighted by atomic mass is 35.5. The van der Waals surface area contributed by atoms with Crippen LogP contribution in [-0.2, 0) is 6.42 Å². The fourth-order valence-electron chi connectivity index (χ4n) is 1.96. The van der Waals surface area contributed by atoms with Gasteiger partial charge in [0.15, 0.2) is 0 Å². The summed E-state index contributed by atoms with van der Waals surface area (Å²) in [7, 11) is 1.64. The fraction of sp³-hybridized carbons (Fsp3) is 0.267. The summed E-state index contributed by atoms with van der Waals surface area (Å²) in [6.45, 7) is 1.95. The molecule has 0 aliphatic carbocycles. The Morgan fingerprint density at radius 2 is 2.11 bits per heavy atom. The average Bonchev–Trinajstić information content (AvgIpc) is 2.39. The Balaban J connectivity index is 2.20. The van der Waals surface area contributed by atoms with E-state index in [4.69, 9.17) is 22.1 Å². The van der Waals surface area contributed by atoms with Gasteiger partial charge in [-0.25, -0.2) is 0 Å². The van der Waals surface area contributed by atoms with Crippen molar-refractivity contribution in [3.05, 3.63) is 58.4 Å². The SMILES string of the molecule is COc1ccc(Cl)cc1CC(N)c1ccc(C)nc1. The van der Waals surface area contributed by atoms with Crippen LogP contribution in [0.3, 0.4) is 0 Å². The first kappa shape index (κ1) is 13.8. The zero-order valence-corrected chi connectivity index (χ0v) is 11.8. The predicted molar refractivity (Wildman–Crippen MR) is 77.6 cm³/mol. The van der Waals surface area contributed by atoms with Gasteiger partial charge in [-0.3, -0.25) is 4.98 Å². The minimum absolute atomic E-state index is 0.125. The lowest BCUT2D eigenvalue weighted by molar-refractivity contribution is 0.408. The Morgan fingerprint density at radius 1 is 1.32 bits per heavy atom. The Morgan fingerprint density at radius 3 is 2.74 bits per heavy atom. The van der Waals surface area contributed by atoms with Gasteiger partial charge >= 0.3 is 0 Å². The Kier molecular flexibility index (Phi) is 4.40. The van der Waals surface area contributed by atoms with Crippen molar-refractivity contribution < 1.29 is 4.74 Å². The summed E-state index contributed by atoms with van der Waals surface area (Å²) in [4.78, 5) is 4.26. The summed E-state index contributed by atoms with van der Waals surface area (Å²) in [5.74, 6) is 0.805. The predicted octanol–water partition coefficient (Wildman–Crippen LogP) is 3.29. The molecule has 0 aliphatic heterocycles. The van der Waals surface area contributed by atoms with E-state index in [9.17, 15) is 0 Å². The highest BCUT2D eigenvalue weighted by Gasteiger charge is 2.11. The minimum atomic E-state index is -0.125. The number of benzene rings is 1. The molecule has 2 aromatic rings. The molecule has 0 radical (unpaired) electrons. The molecule has 19 heavy (non-hydrogen) atoms. The fourth-order valence-corrected chi connectivity index (χ4v) is 2.15. The third kappa shape index (κ3) is 3.46. The lowest BCUT2D eigenvalue weighted by Gasteiger charge is -2.15. The van der Waals surface area contributed by atoms with Crippen molar-refractivity contribution >= 4 is 11.6 Å². The van der Waals surface area contributed by atoms with Crippen LogP contribution in [-0.4, -0.2) is 12.1 Å². The van der Waals surface area contributed by atoms with Crippen LogP contribution in [0.15, 0.2) is 36.5 Å². The third-order valence-corrected chi connectivity index (χ3v) is 3.28. The Bertz CT molecular complexity index is 555. The van der Waals surface area contributed by atoms with E-state index in [-0.39, 0.29) is 6.04 Å². The van der Waals surface area contributed by atoms with E-state index in [0.29, 0.717) is 11.4 Å². The number of halogens is 1. The second-order valence-electron chi connectivity index (χ2n) is 4.50. The van der Waals surface area contributed by atoms with Crippen molar-refractivity contribution in [1.29, 1.82) is 0 Å². The maximum Gasteiger partial charge on any atom is 0.122 e. The molecular formula is C15H17ClN2O. The molecule has 1 heterocycles. The van der Waals surface area contributed by atoms with E-state index >= 15 is 0 Å². The Hall–Kier alpha value is -1.58. The minimum Gasteiger partial charge on any atom is -0.496 e. The summed E-state index contributed by atoms with van der Waals surface area (Å²) >= 11 is 6.02. The summed E-state index contributed by atoms with van der Waals surface area (Å²) in [6, 6.07) is 9.40. The number of hydrogen-bond acceptors (Lipinski definition) is 3. The molecule has 0 spiro atoms. The van der Waals surface area contributed by atoms with E-state index in [2.05, 4.69) is 4.98 Å². The van der Waals surface area contributed by atoms with Crippen molar-refractivity contribution in [3.8, 4) is 5.75 Å². The van der Waals surface area contributed by atoms with Crippen LogP contribution >= 0.6 is 11.6 Å². The molecule has 1 unspecified atom stereocenters. The lowest BCUT2D eigenvalue weighted by Crippen LogP contribution is -2.14. The van der Waals surface area contributed by atoms with Crippen LogP contribution in [0, 0.1) is 6.92 Å². The number of aryl methyl sites for hydroxylation is 1. The van der Waals surface area contributed by atoms with Crippen LogP contribution in [0.4, 0.5) is 0 Å². The molecule has 0 bridgehead atoms. The van der Waals surface area contributed by atoms with Gasteiger partial charge < -0.3 is 10.5 Å². The third-order valence-electron chi connectivity index (χ3n) is 3.04. The van der Waals surface area contributed by atoms with Crippen LogP contribution in [0.2, 0.25) is 5.02 Å². The van der Waals surface area contributed by atoms with E-state index in [1.54, 1.807) is 7.11 Å². The number of rotatable bonds is 4. The van der Waals surface area contributed by atoms with Crippen LogP contribution in [0.1, 0.15) is 22.9 Å². The monoisotopic (exact) mass is 276 g/mol. The molecule has 0 aliphatic rings. The summed E-state index contributed by atoms with van der Waals surface area (Å²) in [5.41, 5.74) is 9.20. The number of pyridine rings is 1. The van der Waals surface area contributed by atoms with Crippen molar-refractivity contribution in [2.75, 3.05) is 7.11 Å². The van der Waals surface area contributed by atoms with Crippen molar-refractivity contribution in [1.82, 2.24) is 4.98 Å². The molecule has 1 atom stereocenters. The zero-order valence-electron chi connectivity index (χ0n) is 11.1. The lowest BCUT2D eigenvalue weighted by atomic mass is 10.00. The summed E-state index contributed by atoms with van der Waals surface area (Å²) < 4.78 is 5.33. The standard InChI is InChI=1S/C15H17ClN2O/c1-10-3-4-11(9-18-10)14(17)8-12-7-13(16)5-6-15(12)19-2/h3-7,9,14H,8,17H2,1-2H3. The molecular weight excluding hydrogens is 260 g/mol.